The van der Waals surface area contributed by atoms with E-state index >= 15 is 0 Å². The van der Waals surface area contributed by atoms with Crippen molar-refractivity contribution in [1.82, 2.24) is 0 Å². The van der Waals surface area contributed by atoms with Gasteiger partial charge in [-0.3, -0.25) is 0 Å². The molecule has 26 heavy (non-hydrogen) atoms. The molecule has 0 fully saturated rings. The van der Waals surface area contributed by atoms with Crippen molar-refractivity contribution in [2.24, 2.45) is 4.99 Å². The third kappa shape index (κ3) is 5.04. The second-order valence-corrected chi connectivity index (χ2v) is 6.04. The van der Waals surface area contributed by atoms with Crippen LogP contribution >= 0.6 is 23.2 Å². The molecule has 0 aliphatic rings. The molecule has 0 amide bonds. The predicted molar refractivity (Wildman–Crippen MR) is 89.3 cm³/mol. The lowest BCUT2D eigenvalue weighted by Crippen LogP contribution is -2.14. The third-order valence-electron chi connectivity index (χ3n) is 3.15. The quantitative estimate of drug-likeness (QED) is 0.313. The van der Waals surface area contributed by atoms with Crippen molar-refractivity contribution in [2.45, 2.75) is 19.3 Å². The van der Waals surface area contributed by atoms with Gasteiger partial charge >= 0.3 is 12.4 Å². The minimum absolute atomic E-state index is 0.130. The number of rotatable bonds is 2. The molecule has 0 saturated carbocycles. The van der Waals surface area contributed by atoms with Crippen LogP contribution in [0.2, 0.25) is 10.0 Å². The average Bonchev–Trinajstić information content (AvgIpc) is 2.49. The van der Waals surface area contributed by atoms with Crippen LogP contribution in [0.15, 0.2) is 41.4 Å². The number of hydrogen-bond donors (Lipinski definition) is 1. The Kier molecular flexibility index (Phi) is 5.77. The Bertz CT molecular complexity index is 844. The summed E-state index contributed by atoms with van der Waals surface area (Å²) in [6.07, 6.45) is -9.42. The number of benzene rings is 2. The van der Waals surface area contributed by atoms with Crippen molar-refractivity contribution in [3.05, 3.63) is 57.6 Å². The first-order chi connectivity index (χ1) is 11.9. The zero-order valence-corrected chi connectivity index (χ0v) is 14.4. The highest BCUT2D eigenvalue weighted by Gasteiger charge is 2.35. The number of halogens is 8. The first-order valence-electron chi connectivity index (χ1n) is 6.94. The standard InChI is InChI=1S/C16H10Cl2F6N2/c1-8(25-13-4-2-9(17)6-11(13)15(19,20)21)26-14-5-3-10(18)7-12(14)16(22,23)24/h2-7H,1H3,(H,25,26). The van der Waals surface area contributed by atoms with Gasteiger partial charge in [0.1, 0.15) is 5.84 Å². The first kappa shape index (κ1) is 20.4. The Hall–Kier alpha value is -1.93. The number of aliphatic imine (C=N–C) groups is 1. The Morgan fingerprint density at radius 1 is 0.846 bits per heavy atom. The maximum atomic E-state index is 13.1. The Morgan fingerprint density at radius 3 is 1.88 bits per heavy atom. The van der Waals surface area contributed by atoms with E-state index in [0.29, 0.717) is 12.1 Å². The SMILES string of the molecule is CC(=Nc1ccc(Cl)cc1C(F)(F)F)Nc1ccc(Cl)cc1C(F)(F)F. The van der Waals surface area contributed by atoms with E-state index in [1.165, 1.54) is 19.1 Å². The summed E-state index contributed by atoms with van der Waals surface area (Å²) in [4.78, 5) is 3.73. The van der Waals surface area contributed by atoms with Gasteiger partial charge in [0.25, 0.3) is 0 Å². The van der Waals surface area contributed by atoms with Gasteiger partial charge in [-0.15, -0.1) is 0 Å². The van der Waals surface area contributed by atoms with E-state index in [1.54, 1.807) is 0 Å². The summed E-state index contributed by atoms with van der Waals surface area (Å²) in [5.41, 5.74) is -3.02. The molecule has 0 saturated heterocycles. The Labute approximate surface area is 154 Å². The predicted octanol–water partition coefficient (Wildman–Crippen LogP) is 7.19. The molecule has 10 heteroatoms. The largest absolute Gasteiger partial charge is 0.418 e. The highest BCUT2D eigenvalue weighted by Crippen LogP contribution is 2.39. The first-order valence-corrected chi connectivity index (χ1v) is 7.69. The molecule has 0 aliphatic heterocycles. The number of alkyl halides is 6. The van der Waals surface area contributed by atoms with Crippen LogP contribution in [0.1, 0.15) is 18.1 Å². The lowest BCUT2D eigenvalue weighted by Gasteiger charge is -2.15. The van der Waals surface area contributed by atoms with E-state index in [4.69, 9.17) is 23.2 Å². The summed E-state index contributed by atoms with van der Waals surface area (Å²) in [5.74, 6) is -0.175. The monoisotopic (exact) mass is 414 g/mol. The smallest absolute Gasteiger partial charge is 0.343 e. The van der Waals surface area contributed by atoms with Crippen LogP contribution in [0, 0.1) is 0 Å². The van der Waals surface area contributed by atoms with Gasteiger partial charge in [0.05, 0.1) is 22.5 Å². The normalized spacial score (nSPS) is 13.0. The van der Waals surface area contributed by atoms with Crippen LogP contribution in [0.4, 0.5) is 37.7 Å². The molecule has 0 aromatic heterocycles. The van der Waals surface area contributed by atoms with Crippen LogP contribution in [0.5, 0.6) is 0 Å². The van der Waals surface area contributed by atoms with E-state index in [-0.39, 0.29) is 21.6 Å². The third-order valence-corrected chi connectivity index (χ3v) is 3.62. The molecule has 140 valence electrons. The number of nitrogens with one attached hydrogen (secondary N) is 1. The van der Waals surface area contributed by atoms with Gasteiger partial charge in [-0.2, -0.15) is 26.3 Å². The van der Waals surface area contributed by atoms with Gasteiger partial charge < -0.3 is 5.32 Å². The van der Waals surface area contributed by atoms with E-state index in [2.05, 4.69) is 10.3 Å². The fourth-order valence-corrected chi connectivity index (χ4v) is 2.44. The molecular weight excluding hydrogens is 405 g/mol. The lowest BCUT2D eigenvalue weighted by molar-refractivity contribution is -0.137. The van der Waals surface area contributed by atoms with E-state index in [1.807, 2.05) is 0 Å². The molecule has 0 heterocycles. The summed E-state index contributed by atoms with van der Waals surface area (Å²) in [5, 5.41) is 2.09. The molecule has 0 atom stereocenters. The summed E-state index contributed by atoms with van der Waals surface area (Å²) >= 11 is 11.2. The zero-order valence-electron chi connectivity index (χ0n) is 12.9. The van der Waals surface area contributed by atoms with Crippen molar-refractivity contribution in [3.63, 3.8) is 0 Å². The van der Waals surface area contributed by atoms with Gasteiger partial charge in [0.15, 0.2) is 0 Å². The summed E-state index contributed by atoms with van der Waals surface area (Å²) < 4.78 is 78.4. The molecule has 0 aliphatic carbocycles. The van der Waals surface area contributed by atoms with Gasteiger partial charge in [-0.25, -0.2) is 4.99 Å². The molecule has 2 rings (SSSR count). The Morgan fingerprint density at radius 2 is 1.35 bits per heavy atom. The maximum Gasteiger partial charge on any atom is 0.418 e. The van der Waals surface area contributed by atoms with Crippen LogP contribution in [-0.2, 0) is 12.4 Å². The van der Waals surface area contributed by atoms with Gasteiger partial charge in [-0.1, -0.05) is 23.2 Å². The lowest BCUT2D eigenvalue weighted by atomic mass is 10.1. The molecule has 0 unspecified atom stereocenters. The topological polar surface area (TPSA) is 24.4 Å². The number of anilines is 1. The molecule has 2 nitrogen and oxygen atoms in total. The van der Waals surface area contributed by atoms with Crippen LogP contribution < -0.4 is 5.32 Å². The summed E-state index contributed by atoms with van der Waals surface area (Å²) in [6, 6.07) is 5.92. The molecule has 1 N–H and O–H groups in total. The van der Waals surface area contributed by atoms with Crippen molar-refractivity contribution < 1.29 is 26.3 Å². The van der Waals surface area contributed by atoms with Crippen LogP contribution in [0.25, 0.3) is 0 Å². The fraction of sp³-hybridized carbons (Fsp3) is 0.188. The molecule has 0 bridgehead atoms. The highest BCUT2D eigenvalue weighted by molar-refractivity contribution is 6.31. The van der Waals surface area contributed by atoms with Crippen LogP contribution in [0.3, 0.4) is 0 Å². The molecular formula is C16H10Cl2F6N2. The average molecular weight is 415 g/mol. The van der Waals surface area contributed by atoms with Gasteiger partial charge in [0.2, 0.25) is 0 Å². The molecule has 0 spiro atoms. The summed E-state index contributed by atoms with van der Waals surface area (Å²) in [7, 11) is 0. The second kappa shape index (κ2) is 7.36. The zero-order chi connectivity index (χ0) is 19.7. The number of amidine groups is 1. The fourth-order valence-electron chi connectivity index (χ4n) is 2.10. The van der Waals surface area contributed by atoms with Gasteiger partial charge in [0, 0.05) is 10.0 Å². The molecule has 2 aromatic carbocycles. The number of nitrogens with zero attached hydrogens (tertiary/aromatic N) is 1. The van der Waals surface area contributed by atoms with Gasteiger partial charge in [-0.05, 0) is 43.3 Å². The minimum atomic E-state index is -4.72. The highest BCUT2D eigenvalue weighted by atomic mass is 35.5. The minimum Gasteiger partial charge on any atom is -0.343 e. The number of hydrogen-bond acceptors (Lipinski definition) is 1. The van der Waals surface area contributed by atoms with Crippen molar-refractivity contribution in [1.29, 1.82) is 0 Å². The second-order valence-electron chi connectivity index (χ2n) is 5.17. The Balaban J connectivity index is 2.42. The molecule has 0 radical (unpaired) electrons. The van der Waals surface area contributed by atoms with Crippen molar-refractivity contribution >= 4 is 40.4 Å². The van der Waals surface area contributed by atoms with E-state index in [9.17, 15) is 26.3 Å². The van der Waals surface area contributed by atoms with Crippen molar-refractivity contribution in [2.75, 3.05) is 5.32 Å². The van der Waals surface area contributed by atoms with Crippen molar-refractivity contribution in [3.8, 4) is 0 Å². The van der Waals surface area contributed by atoms with Crippen LogP contribution in [-0.4, -0.2) is 5.84 Å². The van der Waals surface area contributed by atoms with E-state index in [0.717, 1.165) is 12.1 Å². The molecule has 2 aromatic rings. The maximum absolute atomic E-state index is 13.1. The summed E-state index contributed by atoms with van der Waals surface area (Å²) in [6.45, 7) is 1.24. The van der Waals surface area contributed by atoms with E-state index < -0.39 is 29.2 Å².